The van der Waals surface area contributed by atoms with Gasteiger partial charge in [0.2, 0.25) is 11.7 Å². The highest BCUT2D eigenvalue weighted by atomic mass is 79.9. The van der Waals surface area contributed by atoms with Crippen molar-refractivity contribution in [3.63, 3.8) is 0 Å². The maximum atomic E-state index is 12.2. The topological polar surface area (TPSA) is 77.3 Å². The molecule has 0 unspecified atom stereocenters. The monoisotopic (exact) mass is 421 g/mol. The molecule has 1 aromatic heterocycles. The number of hydrogen-bond donors (Lipinski definition) is 1. The third-order valence-electron chi connectivity index (χ3n) is 3.39. The van der Waals surface area contributed by atoms with Crippen molar-refractivity contribution in [1.82, 2.24) is 15.5 Å². The van der Waals surface area contributed by atoms with Gasteiger partial charge in [-0.2, -0.15) is 4.98 Å². The lowest BCUT2D eigenvalue weighted by Gasteiger charge is -2.05. The summed E-state index contributed by atoms with van der Waals surface area (Å²) in [5, 5.41) is 6.98. The van der Waals surface area contributed by atoms with E-state index in [9.17, 15) is 4.79 Å². The number of nitrogens with zero attached hydrogens (tertiary/aromatic N) is 2. The summed E-state index contributed by atoms with van der Waals surface area (Å²) < 4.78 is 11.0. The number of carbonyl (C=O) groups is 1. The van der Waals surface area contributed by atoms with E-state index in [1.165, 1.54) is 0 Å². The van der Waals surface area contributed by atoms with Crippen molar-refractivity contribution >= 4 is 33.4 Å². The molecular weight excluding hydrogens is 410 g/mol. The van der Waals surface area contributed by atoms with E-state index >= 15 is 0 Å². The zero-order valence-corrected chi connectivity index (χ0v) is 15.5. The average Bonchev–Trinajstić information content (AvgIpc) is 3.11. The number of hydrogen-bond acceptors (Lipinski definition) is 5. The molecule has 128 valence electrons. The van der Waals surface area contributed by atoms with Crippen LogP contribution in [-0.2, 0) is 6.54 Å². The Kier molecular flexibility index (Phi) is 5.35. The van der Waals surface area contributed by atoms with E-state index in [4.69, 9.17) is 20.9 Å². The number of methoxy groups -OCH3 is 1. The number of benzene rings is 2. The molecule has 2 aromatic carbocycles. The predicted molar refractivity (Wildman–Crippen MR) is 96.6 cm³/mol. The average molecular weight is 423 g/mol. The summed E-state index contributed by atoms with van der Waals surface area (Å²) >= 11 is 9.35. The van der Waals surface area contributed by atoms with E-state index in [0.29, 0.717) is 22.3 Å². The molecule has 1 amide bonds. The second-order valence-corrected chi connectivity index (χ2v) is 6.37. The smallest absolute Gasteiger partial charge is 0.253 e. The van der Waals surface area contributed by atoms with Crippen molar-refractivity contribution in [3.05, 3.63) is 63.4 Å². The first-order valence-corrected chi connectivity index (χ1v) is 8.44. The van der Waals surface area contributed by atoms with Crippen molar-refractivity contribution in [1.29, 1.82) is 0 Å². The minimum atomic E-state index is -0.324. The van der Waals surface area contributed by atoms with E-state index in [-0.39, 0.29) is 12.5 Å². The first-order chi connectivity index (χ1) is 12.1. The Balaban J connectivity index is 1.67. The van der Waals surface area contributed by atoms with E-state index in [2.05, 4.69) is 31.4 Å². The fourth-order valence-electron chi connectivity index (χ4n) is 2.11. The van der Waals surface area contributed by atoms with Crippen LogP contribution in [0.1, 0.15) is 16.2 Å². The number of rotatable bonds is 5. The Morgan fingerprint density at radius 1 is 1.28 bits per heavy atom. The fraction of sp³-hybridized carbons (Fsp3) is 0.118. The summed E-state index contributed by atoms with van der Waals surface area (Å²) in [4.78, 5) is 16.5. The number of aromatic nitrogens is 2. The van der Waals surface area contributed by atoms with Gasteiger partial charge >= 0.3 is 0 Å². The molecular formula is C17H13BrClN3O3. The van der Waals surface area contributed by atoms with Crippen molar-refractivity contribution in [2.45, 2.75) is 6.54 Å². The summed E-state index contributed by atoms with van der Waals surface area (Å²) in [5.41, 5.74) is 1.16. The summed E-state index contributed by atoms with van der Waals surface area (Å²) in [6, 6.07) is 12.3. The van der Waals surface area contributed by atoms with Crippen molar-refractivity contribution in [2.24, 2.45) is 0 Å². The highest BCUT2D eigenvalue weighted by Crippen LogP contribution is 2.22. The number of halogens is 2. The van der Waals surface area contributed by atoms with Crippen LogP contribution < -0.4 is 10.1 Å². The van der Waals surface area contributed by atoms with Gasteiger partial charge in [0.1, 0.15) is 5.75 Å². The highest BCUT2D eigenvalue weighted by Gasteiger charge is 2.13. The van der Waals surface area contributed by atoms with E-state index in [1.54, 1.807) is 25.3 Å². The summed E-state index contributed by atoms with van der Waals surface area (Å²) in [6.07, 6.45) is 0. The van der Waals surface area contributed by atoms with Gasteiger partial charge in [-0.3, -0.25) is 4.79 Å². The molecule has 0 atom stereocenters. The molecule has 8 heteroatoms. The molecule has 0 fully saturated rings. The summed E-state index contributed by atoms with van der Waals surface area (Å²) in [7, 11) is 1.60. The maximum Gasteiger partial charge on any atom is 0.253 e. The molecule has 3 aromatic rings. The Morgan fingerprint density at radius 3 is 2.76 bits per heavy atom. The Hall–Kier alpha value is -2.38. The first kappa shape index (κ1) is 17.4. The molecule has 0 aliphatic heterocycles. The second kappa shape index (κ2) is 7.67. The zero-order valence-electron chi connectivity index (χ0n) is 13.1. The Labute approximate surface area is 157 Å². The predicted octanol–water partition coefficient (Wildman–Crippen LogP) is 4.09. The molecule has 1 N–H and O–H groups in total. The van der Waals surface area contributed by atoms with Crippen molar-refractivity contribution < 1.29 is 14.1 Å². The molecule has 0 saturated heterocycles. The van der Waals surface area contributed by atoms with Crippen LogP contribution in [0.3, 0.4) is 0 Å². The molecule has 3 rings (SSSR count). The normalized spacial score (nSPS) is 10.5. The van der Waals surface area contributed by atoms with Gasteiger partial charge < -0.3 is 14.6 Å². The standard InChI is InChI=1S/C17H13BrClN3O3/c1-24-12-5-2-10(3-6-12)16-21-15(25-22-16)9-20-17(23)13-8-11(18)4-7-14(13)19/h2-8H,9H2,1H3,(H,20,23). The van der Waals surface area contributed by atoms with Crippen LogP contribution >= 0.6 is 27.5 Å². The van der Waals surface area contributed by atoms with Crippen molar-refractivity contribution in [3.8, 4) is 17.1 Å². The van der Waals surface area contributed by atoms with Gasteiger partial charge in [-0.15, -0.1) is 0 Å². The van der Waals surface area contributed by atoms with Gasteiger partial charge in [0.05, 0.1) is 24.2 Å². The lowest BCUT2D eigenvalue weighted by molar-refractivity contribution is 0.0946. The molecule has 1 heterocycles. The quantitative estimate of drug-likeness (QED) is 0.670. The van der Waals surface area contributed by atoms with Crippen LogP contribution in [0.25, 0.3) is 11.4 Å². The third-order valence-corrected chi connectivity index (χ3v) is 4.21. The van der Waals surface area contributed by atoms with Gasteiger partial charge in [-0.05, 0) is 42.5 Å². The number of ether oxygens (including phenoxy) is 1. The molecule has 0 bridgehead atoms. The van der Waals surface area contributed by atoms with Crippen LogP contribution in [0, 0.1) is 0 Å². The molecule has 0 spiro atoms. The molecule has 0 radical (unpaired) electrons. The van der Waals surface area contributed by atoms with Gasteiger partial charge in [-0.1, -0.05) is 32.7 Å². The summed E-state index contributed by atoms with van der Waals surface area (Å²) in [5.74, 6) is 1.15. The SMILES string of the molecule is COc1ccc(-c2noc(CNC(=O)c3cc(Br)ccc3Cl)n2)cc1. The van der Waals surface area contributed by atoms with Crippen LogP contribution in [-0.4, -0.2) is 23.2 Å². The van der Waals surface area contributed by atoms with Crippen LogP contribution in [0.5, 0.6) is 5.75 Å². The Morgan fingerprint density at radius 2 is 2.04 bits per heavy atom. The zero-order chi connectivity index (χ0) is 17.8. The number of carbonyl (C=O) groups excluding carboxylic acids is 1. The largest absolute Gasteiger partial charge is 0.497 e. The molecule has 0 aliphatic rings. The fourth-order valence-corrected chi connectivity index (χ4v) is 2.67. The van der Waals surface area contributed by atoms with Crippen LogP contribution in [0.15, 0.2) is 51.5 Å². The molecule has 0 aliphatic carbocycles. The highest BCUT2D eigenvalue weighted by molar-refractivity contribution is 9.10. The van der Waals surface area contributed by atoms with E-state index < -0.39 is 0 Å². The van der Waals surface area contributed by atoms with Gasteiger partial charge in [0, 0.05) is 10.0 Å². The Bertz CT molecular complexity index is 896. The minimum Gasteiger partial charge on any atom is -0.497 e. The summed E-state index contributed by atoms with van der Waals surface area (Å²) in [6.45, 7) is 0.102. The lowest BCUT2D eigenvalue weighted by atomic mass is 10.2. The van der Waals surface area contributed by atoms with Gasteiger partial charge in [-0.25, -0.2) is 0 Å². The van der Waals surface area contributed by atoms with E-state index in [1.807, 2.05) is 24.3 Å². The van der Waals surface area contributed by atoms with Crippen LogP contribution in [0.4, 0.5) is 0 Å². The molecule has 25 heavy (non-hydrogen) atoms. The van der Waals surface area contributed by atoms with Crippen molar-refractivity contribution in [2.75, 3.05) is 7.11 Å². The molecule has 6 nitrogen and oxygen atoms in total. The van der Waals surface area contributed by atoms with Gasteiger partial charge in [0.15, 0.2) is 0 Å². The minimum absolute atomic E-state index is 0.102. The number of amides is 1. The number of nitrogens with one attached hydrogen (secondary N) is 1. The van der Waals surface area contributed by atoms with Gasteiger partial charge in [0.25, 0.3) is 5.91 Å². The first-order valence-electron chi connectivity index (χ1n) is 7.27. The molecule has 0 saturated carbocycles. The van der Waals surface area contributed by atoms with E-state index in [0.717, 1.165) is 15.8 Å². The lowest BCUT2D eigenvalue weighted by Crippen LogP contribution is -2.23. The maximum absolute atomic E-state index is 12.2. The second-order valence-electron chi connectivity index (χ2n) is 5.05. The van der Waals surface area contributed by atoms with Crippen LogP contribution in [0.2, 0.25) is 5.02 Å². The third kappa shape index (κ3) is 4.18.